The van der Waals surface area contributed by atoms with E-state index in [9.17, 15) is 4.79 Å². The minimum atomic E-state index is -1.01. The summed E-state index contributed by atoms with van der Waals surface area (Å²) in [4.78, 5) is 11.1. The van der Waals surface area contributed by atoms with Gasteiger partial charge in [0.1, 0.15) is 11.0 Å². The number of carbonyl (C=O) groups is 1. The van der Waals surface area contributed by atoms with Crippen molar-refractivity contribution in [3.05, 3.63) is 0 Å². The predicted molar refractivity (Wildman–Crippen MR) is 62.8 cm³/mol. The van der Waals surface area contributed by atoms with E-state index in [1.165, 1.54) is 0 Å². The number of hydrogen-bond donors (Lipinski definition) is 2. The molecule has 0 aliphatic heterocycles. The van der Waals surface area contributed by atoms with Gasteiger partial charge in [0, 0.05) is 0 Å². The highest BCUT2D eigenvalue weighted by Crippen LogP contribution is 2.37. The van der Waals surface area contributed by atoms with Gasteiger partial charge in [0.25, 0.3) is 0 Å². The molecule has 0 aromatic rings. The molecular formula is C9H16O3S2. The first-order chi connectivity index (χ1) is 6.17. The minimum Gasteiger partial charge on any atom is -0.481 e. The number of thiol groups is 1. The molecule has 0 bridgehead atoms. The molecule has 0 heterocycles. The van der Waals surface area contributed by atoms with E-state index in [-0.39, 0.29) is 4.38 Å². The van der Waals surface area contributed by atoms with Gasteiger partial charge in [0.15, 0.2) is 0 Å². The number of carboxylic acids is 1. The van der Waals surface area contributed by atoms with Crippen LogP contribution in [0.25, 0.3) is 0 Å². The predicted octanol–water partition coefficient (Wildman–Crippen LogP) is 2.50. The Balaban J connectivity index is 5.02. The lowest BCUT2D eigenvalue weighted by Crippen LogP contribution is -2.49. The summed E-state index contributed by atoms with van der Waals surface area (Å²) in [5.74, 6) is -0.911. The van der Waals surface area contributed by atoms with Crippen molar-refractivity contribution in [2.24, 2.45) is 5.41 Å². The molecule has 0 aliphatic rings. The summed E-state index contributed by atoms with van der Waals surface area (Å²) < 4.78 is 5.40. The first-order valence-corrected chi connectivity index (χ1v) is 5.18. The zero-order valence-corrected chi connectivity index (χ0v) is 10.5. The second-order valence-electron chi connectivity index (χ2n) is 3.88. The van der Waals surface area contributed by atoms with Gasteiger partial charge in [-0.1, -0.05) is 19.6 Å². The molecule has 0 aromatic carbocycles. The maximum atomic E-state index is 11.1. The quantitative estimate of drug-likeness (QED) is 0.581. The van der Waals surface area contributed by atoms with Crippen molar-refractivity contribution in [3.63, 3.8) is 0 Å². The van der Waals surface area contributed by atoms with Crippen LogP contribution in [0.5, 0.6) is 0 Å². The van der Waals surface area contributed by atoms with Gasteiger partial charge in [0.2, 0.25) is 4.38 Å². The molecule has 0 saturated heterocycles. The van der Waals surface area contributed by atoms with Crippen LogP contribution in [0.3, 0.4) is 0 Å². The van der Waals surface area contributed by atoms with Gasteiger partial charge in [-0.15, -0.1) is 0 Å². The largest absolute Gasteiger partial charge is 0.481 e. The van der Waals surface area contributed by atoms with Gasteiger partial charge in [0.05, 0.1) is 0 Å². The van der Waals surface area contributed by atoms with E-state index in [2.05, 4.69) is 12.6 Å². The Morgan fingerprint density at radius 1 is 1.50 bits per heavy atom. The molecule has 1 atom stereocenters. The van der Waals surface area contributed by atoms with Gasteiger partial charge in [-0.25, -0.2) is 0 Å². The molecule has 0 aromatic heterocycles. The molecular weight excluding hydrogens is 220 g/mol. The smallest absolute Gasteiger partial charge is 0.313 e. The first-order valence-electron chi connectivity index (χ1n) is 4.32. The van der Waals surface area contributed by atoms with Crippen molar-refractivity contribution in [1.29, 1.82) is 0 Å². The third-order valence-corrected chi connectivity index (χ3v) is 3.02. The summed E-state index contributed by atoms with van der Waals surface area (Å²) in [6.07, 6.45) is 0.549. The molecule has 0 saturated carbocycles. The van der Waals surface area contributed by atoms with E-state index in [0.29, 0.717) is 6.42 Å². The molecule has 0 aliphatic carbocycles. The third kappa shape index (κ3) is 2.60. The lowest BCUT2D eigenvalue weighted by Gasteiger charge is -2.40. The number of carboxylic acid groups (broad SMARTS) is 1. The average Bonchev–Trinajstić information content (AvgIpc) is 2.02. The van der Waals surface area contributed by atoms with Crippen molar-refractivity contribution in [2.45, 2.75) is 39.7 Å². The topological polar surface area (TPSA) is 46.5 Å². The molecule has 3 nitrogen and oxygen atoms in total. The van der Waals surface area contributed by atoms with Crippen LogP contribution >= 0.6 is 24.8 Å². The summed E-state index contributed by atoms with van der Waals surface area (Å²) in [5.41, 5.74) is -1.84. The van der Waals surface area contributed by atoms with Crippen LogP contribution in [-0.4, -0.2) is 21.1 Å². The Kier molecular flexibility index (Phi) is 4.39. The molecule has 1 N–H and O–H groups in total. The summed E-state index contributed by atoms with van der Waals surface area (Å²) in [6, 6.07) is 0. The zero-order valence-electron chi connectivity index (χ0n) is 8.83. The number of thiocarbonyl (C=S) groups is 1. The van der Waals surface area contributed by atoms with E-state index in [1.807, 2.05) is 6.92 Å². The van der Waals surface area contributed by atoms with E-state index in [0.717, 1.165) is 0 Å². The summed E-state index contributed by atoms with van der Waals surface area (Å²) in [6.45, 7) is 6.82. The number of hydrogen-bond acceptors (Lipinski definition) is 3. The van der Waals surface area contributed by atoms with E-state index in [1.54, 1.807) is 20.8 Å². The van der Waals surface area contributed by atoms with Crippen LogP contribution in [0.1, 0.15) is 34.1 Å². The lowest BCUT2D eigenvalue weighted by molar-refractivity contribution is -0.160. The van der Waals surface area contributed by atoms with Crippen molar-refractivity contribution >= 4 is 35.2 Å². The molecule has 14 heavy (non-hydrogen) atoms. The molecule has 0 fully saturated rings. The molecule has 5 heteroatoms. The maximum Gasteiger partial charge on any atom is 0.313 e. The van der Waals surface area contributed by atoms with Crippen LogP contribution in [0, 0.1) is 5.41 Å². The fourth-order valence-corrected chi connectivity index (χ4v) is 1.45. The third-order valence-electron chi connectivity index (χ3n) is 2.84. The highest BCUT2D eigenvalue weighted by atomic mass is 32.1. The lowest BCUT2D eigenvalue weighted by atomic mass is 9.74. The Bertz CT molecular complexity index is 250. The Morgan fingerprint density at radius 2 is 1.93 bits per heavy atom. The fraction of sp³-hybridized carbons (Fsp3) is 0.778. The van der Waals surface area contributed by atoms with E-state index >= 15 is 0 Å². The van der Waals surface area contributed by atoms with Gasteiger partial charge < -0.3 is 9.84 Å². The van der Waals surface area contributed by atoms with Gasteiger partial charge in [-0.05, 0) is 39.4 Å². The standard InChI is InChI=1S/C9H16O3S2/c1-5-9(4,12-7(13)14)8(2,3)6(10)11/h5H2,1-4H3,(H,10,11)(H,13,14). The van der Waals surface area contributed by atoms with E-state index < -0.39 is 17.0 Å². The maximum absolute atomic E-state index is 11.1. The van der Waals surface area contributed by atoms with Crippen molar-refractivity contribution in [1.82, 2.24) is 0 Å². The second kappa shape index (κ2) is 4.49. The highest BCUT2D eigenvalue weighted by molar-refractivity contribution is 8.10. The average molecular weight is 236 g/mol. The number of rotatable bonds is 4. The number of aliphatic carboxylic acids is 1. The fourth-order valence-electron chi connectivity index (χ4n) is 1.06. The Morgan fingerprint density at radius 3 is 2.14 bits per heavy atom. The SMILES string of the molecule is CCC(C)(OC(=S)S)C(C)(C)C(=O)O. The van der Waals surface area contributed by atoms with Gasteiger partial charge in [-0.2, -0.15) is 0 Å². The highest BCUT2D eigenvalue weighted by Gasteiger charge is 2.48. The molecule has 0 rings (SSSR count). The second-order valence-corrected chi connectivity index (χ2v) is 4.96. The molecule has 0 amide bonds. The van der Waals surface area contributed by atoms with E-state index in [4.69, 9.17) is 22.1 Å². The van der Waals surface area contributed by atoms with Crippen LogP contribution in [0.4, 0.5) is 0 Å². The van der Waals surface area contributed by atoms with Crippen molar-refractivity contribution < 1.29 is 14.6 Å². The Labute approximate surface area is 95.2 Å². The van der Waals surface area contributed by atoms with Crippen LogP contribution in [0.2, 0.25) is 0 Å². The summed E-state index contributed by atoms with van der Waals surface area (Å²) in [5, 5.41) is 9.07. The van der Waals surface area contributed by atoms with Crippen molar-refractivity contribution in [3.8, 4) is 0 Å². The monoisotopic (exact) mass is 236 g/mol. The molecule has 0 radical (unpaired) electrons. The van der Waals surface area contributed by atoms with Crippen molar-refractivity contribution in [2.75, 3.05) is 0 Å². The molecule has 82 valence electrons. The van der Waals surface area contributed by atoms with Crippen LogP contribution in [-0.2, 0) is 9.53 Å². The minimum absolute atomic E-state index is 0.0728. The van der Waals surface area contributed by atoms with Crippen LogP contribution < -0.4 is 0 Å². The summed E-state index contributed by atoms with van der Waals surface area (Å²) >= 11 is 8.58. The normalized spacial score (nSPS) is 15.8. The number of ether oxygens (including phenoxy) is 1. The molecule has 1 unspecified atom stereocenters. The zero-order chi connectivity index (χ0) is 11.6. The molecule has 0 spiro atoms. The summed E-state index contributed by atoms with van der Waals surface area (Å²) in [7, 11) is 0. The first kappa shape index (κ1) is 13.7. The van der Waals surface area contributed by atoms with Gasteiger partial charge in [-0.3, -0.25) is 4.79 Å². The van der Waals surface area contributed by atoms with Crippen LogP contribution in [0.15, 0.2) is 0 Å². The Hall–Kier alpha value is -0.290. The van der Waals surface area contributed by atoms with Gasteiger partial charge >= 0.3 is 5.97 Å².